The standard InChI is InChI=1S/C20H24N2O4S/c1-15(18-3-2-12-27-18)21-19(23)14-26-20(24)17-6-4-16(5-7-17)13-22-8-10-25-11-9-22/h2-7,12,15H,8-11,13-14H2,1H3,(H,21,23)/t15-/m1/s1. The number of amides is 1. The molecule has 0 saturated carbocycles. The maximum atomic E-state index is 12.1. The largest absolute Gasteiger partial charge is 0.452 e. The van der Waals surface area contributed by atoms with Gasteiger partial charge in [-0.05, 0) is 36.1 Å². The minimum Gasteiger partial charge on any atom is -0.452 e. The van der Waals surface area contributed by atoms with Gasteiger partial charge in [-0.1, -0.05) is 18.2 Å². The Bertz CT molecular complexity index is 740. The summed E-state index contributed by atoms with van der Waals surface area (Å²) in [4.78, 5) is 27.5. The summed E-state index contributed by atoms with van der Waals surface area (Å²) in [6, 6.07) is 11.1. The molecular weight excluding hydrogens is 364 g/mol. The molecule has 144 valence electrons. The first-order valence-electron chi connectivity index (χ1n) is 9.01. The maximum absolute atomic E-state index is 12.1. The van der Waals surface area contributed by atoms with Gasteiger partial charge in [-0.3, -0.25) is 9.69 Å². The summed E-state index contributed by atoms with van der Waals surface area (Å²) in [6.07, 6.45) is 0. The highest BCUT2D eigenvalue weighted by Gasteiger charge is 2.14. The third-order valence-electron chi connectivity index (χ3n) is 4.38. The van der Waals surface area contributed by atoms with Gasteiger partial charge in [0.15, 0.2) is 6.61 Å². The number of benzene rings is 1. The van der Waals surface area contributed by atoms with Crippen LogP contribution in [0.5, 0.6) is 0 Å². The highest BCUT2D eigenvalue weighted by Crippen LogP contribution is 2.17. The average molecular weight is 388 g/mol. The molecule has 0 aliphatic carbocycles. The van der Waals surface area contributed by atoms with Crippen LogP contribution < -0.4 is 5.32 Å². The van der Waals surface area contributed by atoms with Crippen molar-refractivity contribution >= 4 is 23.2 Å². The van der Waals surface area contributed by atoms with Crippen LogP contribution in [0.15, 0.2) is 41.8 Å². The molecule has 0 unspecified atom stereocenters. The molecule has 0 bridgehead atoms. The molecule has 0 radical (unpaired) electrons. The molecule has 1 amide bonds. The lowest BCUT2D eigenvalue weighted by molar-refractivity contribution is -0.124. The van der Waals surface area contributed by atoms with Crippen LogP contribution in [0.3, 0.4) is 0 Å². The molecule has 1 fully saturated rings. The molecule has 3 rings (SSSR count). The molecule has 6 nitrogen and oxygen atoms in total. The highest BCUT2D eigenvalue weighted by molar-refractivity contribution is 7.10. The second-order valence-corrected chi connectivity index (χ2v) is 7.45. The van der Waals surface area contributed by atoms with Gasteiger partial charge in [0, 0.05) is 24.5 Å². The van der Waals surface area contributed by atoms with Gasteiger partial charge >= 0.3 is 5.97 Å². The lowest BCUT2D eigenvalue weighted by Gasteiger charge is -2.26. The quantitative estimate of drug-likeness (QED) is 0.739. The molecule has 1 atom stereocenters. The van der Waals surface area contributed by atoms with E-state index in [4.69, 9.17) is 9.47 Å². The second-order valence-electron chi connectivity index (χ2n) is 6.47. The summed E-state index contributed by atoms with van der Waals surface area (Å²) < 4.78 is 10.5. The Kier molecular flexibility index (Phi) is 6.98. The van der Waals surface area contributed by atoms with E-state index in [9.17, 15) is 9.59 Å². The molecule has 7 heteroatoms. The minimum absolute atomic E-state index is 0.101. The van der Waals surface area contributed by atoms with E-state index in [2.05, 4.69) is 10.2 Å². The van der Waals surface area contributed by atoms with Gasteiger partial charge in [0.1, 0.15) is 0 Å². The number of ether oxygens (including phenoxy) is 2. The number of carbonyl (C=O) groups excluding carboxylic acids is 2. The molecule has 2 heterocycles. The minimum atomic E-state index is -0.494. The van der Waals surface area contributed by atoms with Crippen LogP contribution in [-0.2, 0) is 20.8 Å². The molecule has 1 aliphatic rings. The van der Waals surface area contributed by atoms with Crippen LogP contribution in [0, 0.1) is 0 Å². The number of thiophene rings is 1. The number of hydrogen-bond acceptors (Lipinski definition) is 6. The van der Waals surface area contributed by atoms with E-state index in [1.54, 1.807) is 23.5 Å². The zero-order valence-corrected chi connectivity index (χ0v) is 16.2. The number of nitrogens with one attached hydrogen (secondary N) is 1. The summed E-state index contributed by atoms with van der Waals surface area (Å²) in [5.74, 6) is -0.806. The fourth-order valence-electron chi connectivity index (χ4n) is 2.87. The predicted molar refractivity (Wildman–Crippen MR) is 104 cm³/mol. The van der Waals surface area contributed by atoms with Crippen LogP contribution in [0.2, 0.25) is 0 Å². The fraction of sp³-hybridized carbons (Fsp3) is 0.400. The fourth-order valence-corrected chi connectivity index (χ4v) is 3.60. The van der Waals surface area contributed by atoms with Crippen molar-refractivity contribution in [1.82, 2.24) is 10.2 Å². The molecule has 1 saturated heterocycles. The first kappa shape index (κ1) is 19.5. The van der Waals surface area contributed by atoms with Gasteiger partial charge in [-0.15, -0.1) is 11.3 Å². The van der Waals surface area contributed by atoms with Gasteiger partial charge in [-0.2, -0.15) is 0 Å². The van der Waals surface area contributed by atoms with E-state index in [0.717, 1.165) is 43.3 Å². The number of morpholine rings is 1. The van der Waals surface area contributed by atoms with E-state index in [1.807, 2.05) is 36.6 Å². The van der Waals surface area contributed by atoms with Crippen molar-refractivity contribution in [2.24, 2.45) is 0 Å². The Labute approximate surface area is 163 Å². The topological polar surface area (TPSA) is 67.9 Å². The van der Waals surface area contributed by atoms with Crippen molar-refractivity contribution in [2.45, 2.75) is 19.5 Å². The van der Waals surface area contributed by atoms with Crippen LogP contribution in [0.25, 0.3) is 0 Å². The molecule has 2 aromatic rings. The van der Waals surface area contributed by atoms with Crippen molar-refractivity contribution in [1.29, 1.82) is 0 Å². The van der Waals surface area contributed by atoms with Crippen molar-refractivity contribution in [3.8, 4) is 0 Å². The number of rotatable bonds is 7. The number of nitrogens with zero attached hydrogens (tertiary/aromatic N) is 1. The van der Waals surface area contributed by atoms with Gasteiger partial charge in [0.2, 0.25) is 0 Å². The normalized spacial score (nSPS) is 15.9. The summed E-state index contributed by atoms with van der Waals surface area (Å²) in [7, 11) is 0. The van der Waals surface area contributed by atoms with Crippen molar-refractivity contribution in [3.05, 3.63) is 57.8 Å². The highest BCUT2D eigenvalue weighted by atomic mass is 32.1. The van der Waals surface area contributed by atoms with Gasteiger partial charge < -0.3 is 14.8 Å². The Morgan fingerprint density at radius 1 is 1.22 bits per heavy atom. The maximum Gasteiger partial charge on any atom is 0.338 e. The molecular formula is C20H24N2O4S. The molecule has 1 aromatic carbocycles. The Balaban J connectivity index is 1.44. The van der Waals surface area contributed by atoms with Crippen LogP contribution in [0.1, 0.15) is 33.8 Å². The number of carbonyl (C=O) groups is 2. The first-order valence-corrected chi connectivity index (χ1v) is 9.89. The summed E-state index contributed by atoms with van der Waals surface area (Å²) >= 11 is 1.58. The van der Waals surface area contributed by atoms with E-state index in [1.165, 1.54) is 0 Å². The van der Waals surface area contributed by atoms with Crippen molar-refractivity contribution in [3.63, 3.8) is 0 Å². The van der Waals surface area contributed by atoms with E-state index >= 15 is 0 Å². The zero-order valence-electron chi connectivity index (χ0n) is 15.3. The van der Waals surface area contributed by atoms with E-state index in [-0.39, 0.29) is 18.6 Å². The lowest BCUT2D eigenvalue weighted by Crippen LogP contribution is -2.35. The van der Waals surface area contributed by atoms with E-state index < -0.39 is 5.97 Å². The number of hydrogen-bond donors (Lipinski definition) is 1. The van der Waals surface area contributed by atoms with Crippen molar-refractivity contribution < 1.29 is 19.1 Å². The Morgan fingerprint density at radius 2 is 1.96 bits per heavy atom. The van der Waals surface area contributed by atoms with Gasteiger partial charge in [0.25, 0.3) is 5.91 Å². The molecule has 1 N–H and O–H groups in total. The van der Waals surface area contributed by atoms with Crippen LogP contribution in [-0.4, -0.2) is 49.7 Å². The average Bonchev–Trinajstić information content (AvgIpc) is 3.22. The van der Waals surface area contributed by atoms with Gasteiger partial charge in [-0.25, -0.2) is 4.79 Å². The molecule has 0 spiro atoms. The van der Waals surface area contributed by atoms with E-state index in [0.29, 0.717) is 5.56 Å². The van der Waals surface area contributed by atoms with Crippen LogP contribution >= 0.6 is 11.3 Å². The molecule has 1 aliphatic heterocycles. The third-order valence-corrected chi connectivity index (χ3v) is 5.44. The summed E-state index contributed by atoms with van der Waals surface area (Å²) in [5, 5.41) is 4.78. The first-order chi connectivity index (χ1) is 13.1. The zero-order chi connectivity index (χ0) is 19.1. The third kappa shape index (κ3) is 5.89. The molecule has 27 heavy (non-hydrogen) atoms. The Hall–Kier alpha value is -2.22. The molecule has 1 aromatic heterocycles. The van der Waals surface area contributed by atoms with Crippen LogP contribution in [0.4, 0.5) is 0 Å². The Morgan fingerprint density at radius 3 is 2.63 bits per heavy atom. The smallest absolute Gasteiger partial charge is 0.338 e. The summed E-state index contributed by atoms with van der Waals surface area (Å²) in [5.41, 5.74) is 1.58. The second kappa shape index (κ2) is 9.64. The summed E-state index contributed by atoms with van der Waals surface area (Å²) in [6.45, 7) is 5.81. The van der Waals surface area contributed by atoms with Crippen molar-refractivity contribution in [2.75, 3.05) is 32.9 Å². The monoisotopic (exact) mass is 388 g/mol. The lowest BCUT2D eigenvalue weighted by atomic mass is 10.1. The number of esters is 1. The SMILES string of the molecule is C[C@@H](NC(=O)COC(=O)c1ccc(CN2CCOCC2)cc1)c1cccs1. The van der Waals surface area contributed by atoms with Gasteiger partial charge in [0.05, 0.1) is 24.8 Å². The predicted octanol–water partition coefficient (Wildman–Crippen LogP) is 2.61.